The molecule has 19 nitrogen and oxygen atoms in total. The van der Waals surface area contributed by atoms with Crippen molar-refractivity contribution in [2.75, 3.05) is 34.7 Å². The summed E-state index contributed by atoms with van der Waals surface area (Å²) in [6, 6.07) is 8.15. The van der Waals surface area contributed by atoms with Gasteiger partial charge in [-0.25, -0.2) is 4.79 Å². The number of ether oxygens (including phenoxy) is 1. The van der Waals surface area contributed by atoms with Gasteiger partial charge in [-0.1, -0.05) is 136 Å². The standard InChI is InChI=1S/C61H94N8O11/c1-17-39(9)48-58(76)65(13)46(33-37(5)6)53(71)62-43(32-36(3)4)56(74)68(16)51(61(11,12)79)60(78)80-50(40(10)18-2)59(77)67(15)49(38(7)8)54(72)63-44(34-41-26-21-19-22-27-41)55(73)66(14)47(35-42-28-23-20-24-29-42)57(75)69-31-25-30-45(69)52(70)64-48/h19-24,26-29,36-40,43-51,79H,17-18,25,30-35H2,1-16H3,(H,62,71)(H,63,72)(H,64,70)/t39?,40?,43-,44-,45?,46-,47-,48-,49-,50-,51+/m0/s1. The van der Waals surface area contributed by atoms with Crippen LogP contribution in [-0.4, -0.2) is 178 Å². The molecule has 8 amide bonds. The first-order chi connectivity index (χ1) is 37.5. The number of esters is 1. The van der Waals surface area contributed by atoms with Gasteiger partial charge < -0.3 is 50.3 Å². The Balaban J connectivity index is 1.98. The Morgan fingerprint density at radius 1 is 0.575 bits per heavy atom. The van der Waals surface area contributed by atoms with Gasteiger partial charge in [0, 0.05) is 53.5 Å². The molecule has 4 N–H and O–H groups in total. The molecule has 0 aliphatic carbocycles. The van der Waals surface area contributed by atoms with Gasteiger partial charge in [0.05, 0.1) is 5.60 Å². The molecule has 0 aromatic heterocycles. The topological polar surface area (TPSA) is 235 Å². The molecule has 2 fully saturated rings. The molecule has 2 aromatic carbocycles. The summed E-state index contributed by atoms with van der Waals surface area (Å²) in [6.45, 7) is 21.0. The SMILES string of the molecule is CCC(C)[C@@H]1NC(=O)C2CCCN2C(=O)[C@H](Cc2ccccc2)N(C)C(=O)[C@H](Cc2ccccc2)NC(=O)[C@H](C(C)C)N(C)C(=O)[C@H](C(C)CC)OC(=O)[C@H](C(C)(C)O)N(C)C(=O)[C@H](CC(C)C)NC(=O)[C@H](CC(C)C)N(C)C1=O. The van der Waals surface area contributed by atoms with Crippen LogP contribution in [-0.2, 0) is 60.7 Å². The van der Waals surface area contributed by atoms with Crippen LogP contribution in [0.4, 0.5) is 0 Å². The number of hydrogen-bond acceptors (Lipinski definition) is 11. The summed E-state index contributed by atoms with van der Waals surface area (Å²) in [4.78, 5) is 141. The third kappa shape index (κ3) is 16.8. The molecule has 4 rings (SSSR count). The predicted octanol–water partition coefficient (Wildman–Crippen LogP) is 4.76. The number of benzene rings is 2. The van der Waals surface area contributed by atoms with Crippen molar-refractivity contribution in [3.05, 3.63) is 71.8 Å². The Hall–Kier alpha value is -6.37. The van der Waals surface area contributed by atoms with E-state index in [-0.39, 0.29) is 50.5 Å². The van der Waals surface area contributed by atoms with Gasteiger partial charge in [-0.15, -0.1) is 0 Å². The molecule has 2 saturated heterocycles. The highest BCUT2D eigenvalue weighted by molar-refractivity contribution is 5.99. The summed E-state index contributed by atoms with van der Waals surface area (Å²) in [5, 5.41) is 20.5. The molecule has 11 atom stereocenters. The van der Waals surface area contributed by atoms with Crippen LogP contribution in [0.1, 0.15) is 133 Å². The van der Waals surface area contributed by atoms with Gasteiger partial charge in [-0.2, -0.15) is 0 Å². The predicted molar refractivity (Wildman–Crippen MR) is 306 cm³/mol. The van der Waals surface area contributed by atoms with Crippen LogP contribution in [0, 0.1) is 29.6 Å². The summed E-state index contributed by atoms with van der Waals surface area (Å²) < 4.78 is 6.11. The van der Waals surface area contributed by atoms with E-state index in [4.69, 9.17) is 4.74 Å². The second kappa shape index (κ2) is 29.4. The number of rotatable bonds is 14. The minimum absolute atomic E-state index is 0.00640. The maximum Gasteiger partial charge on any atom is 0.332 e. The lowest BCUT2D eigenvalue weighted by molar-refractivity contribution is -0.177. The van der Waals surface area contributed by atoms with Crippen molar-refractivity contribution < 1.29 is 53.0 Å². The Morgan fingerprint density at radius 2 is 1.09 bits per heavy atom. The Kier molecular flexibility index (Phi) is 24.3. The molecular formula is C61H94N8O11. The number of cyclic esters (lactones) is 1. The fourth-order valence-corrected chi connectivity index (χ4v) is 11.0. The summed E-state index contributed by atoms with van der Waals surface area (Å²) in [5.41, 5.74) is -0.550. The van der Waals surface area contributed by atoms with Gasteiger partial charge in [0.1, 0.15) is 42.3 Å². The largest absolute Gasteiger partial charge is 0.450 e. The van der Waals surface area contributed by atoms with Crippen molar-refractivity contribution in [1.29, 1.82) is 0 Å². The molecule has 3 unspecified atom stereocenters. The first-order valence-electron chi connectivity index (χ1n) is 28.8. The van der Waals surface area contributed by atoms with Crippen molar-refractivity contribution in [2.24, 2.45) is 29.6 Å². The Bertz CT molecular complexity index is 2450. The van der Waals surface area contributed by atoms with E-state index in [9.17, 15) is 38.7 Å². The van der Waals surface area contributed by atoms with E-state index in [0.29, 0.717) is 24.8 Å². The number of hydrogen-bond donors (Lipinski definition) is 4. The van der Waals surface area contributed by atoms with E-state index in [1.165, 1.54) is 61.6 Å². The lowest BCUT2D eigenvalue weighted by atomic mass is 9.93. The number of nitrogens with zero attached hydrogens (tertiary/aromatic N) is 5. The van der Waals surface area contributed by atoms with Gasteiger partial charge in [0.15, 0.2) is 12.1 Å². The maximum atomic E-state index is 15.3. The second-order valence-electron chi connectivity index (χ2n) is 24.1. The van der Waals surface area contributed by atoms with E-state index in [1.54, 1.807) is 39.8 Å². The van der Waals surface area contributed by atoms with Crippen molar-refractivity contribution in [3.8, 4) is 0 Å². The number of carbonyl (C=O) groups excluding carboxylic acids is 9. The average Bonchev–Trinajstić information content (AvgIpc) is 3.90. The number of aliphatic hydroxyl groups is 1. The first kappa shape index (κ1) is 66.1. The second-order valence-corrected chi connectivity index (χ2v) is 24.1. The van der Waals surface area contributed by atoms with Gasteiger partial charge in [-0.05, 0) is 80.8 Å². The van der Waals surface area contributed by atoms with Crippen LogP contribution in [0.25, 0.3) is 0 Å². The molecule has 19 heteroatoms. The van der Waals surface area contributed by atoms with Crippen LogP contribution >= 0.6 is 0 Å². The van der Waals surface area contributed by atoms with Crippen molar-refractivity contribution >= 4 is 53.2 Å². The zero-order valence-corrected chi connectivity index (χ0v) is 50.5. The van der Waals surface area contributed by atoms with Crippen molar-refractivity contribution in [3.63, 3.8) is 0 Å². The molecule has 2 heterocycles. The molecule has 0 bridgehead atoms. The molecule has 0 saturated carbocycles. The quantitative estimate of drug-likeness (QED) is 0.188. The van der Waals surface area contributed by atoms with Gasteiger partial charge in [0.2, 0.25) is 41.4 Å². The van der Waals surface area contributed by atoms with E-state index in [1.807, 2.05) is 90.1 Å². The van der Waals surface area contributed by atoms with Crippen LogP contribution in [0.2, 0.25) is 0 Å². The fraction of sp³-hybridized carbons (Fsp3) is 0.656. The smallest absolute Gasteiger partial charge is 0.332 e. The fourth-order valence-electron chi connectivity index (χ4n) is 11.0. The maximum absolute atomic E-state index is 15.3. The highest BCUT2D eigenvalue weighted by Crippen LogP contribution is 2.27. The van der Waals surface area contributed by atoms with Crippen LogP contribution in [0.3, 0.4) is 0 Å². The number of amides is 8. The van der Waals surface area contributed by atoms with Crippen LogP contribution in [0.5, 0.6) is 0 Å². The summed E-state index contributed by atoms with van der Waals surface area (Å²) in [5.74, 6) is -8.22. The third-order valence-electron chi connectivity index (χ3n) is 16.0. The first-order valence-corrected chi connectivity index (χ1v) is 28.8. The molecule has 0 spiro atoms. The normalized spacial score (nSPS) is 26.3. The molecule has 80 heavy (non-hydrogen) atoms. The summed E-state index contributed by atoms with van der Waals surface area (Å²) in [6.07, 6.45) is 0.274. The zero-order valence-electron chi connectivity index (χ0n) is 50.5. The average molecular weight is 1120 g/mol. The lowest BCUT2D eigenvalue weighted by Crippen LogP contribution is -2.62. The number of carbonyl (C=O) groups is 9. The van der Waals surface area contributed by atoms with E-state index < -0.39 is 131 Å². The molecule has 2 aliphatic heterocycles. The summed E-state index contributed by atoms with van der Waals surface area (Å²) >= 11 is 0. The molecule has 0 radical (unpaired) electrons. The Labute approximate surface area is 475 Å². The van der Waals surface area contributed by atoms with Crippen molar-refractivity contribution in [2.45, 2.75) is 194 Å². The van der Waals surface area contributed by atoms with Crippen LogP contribution < -0.4 is 16.0 Å². The number of nitrogens with one attached hydrogen (secondary N) is 3. The minimum atomic E-state index is -1.97. The van der Waals surface area contributed by atoms with E-state index in [2.05, 4.69) is 16.0 Å². The molecule has 444 valence electrons. The van der Waals surface area contributed by atoms with Crippen LogP contribution in [0.15, 0.2) is 60.7 Å². The van der Waals surface area contributed by atoms with Gasteiger partial charge >= 0.3 is 5.97 Å². The Morgan fingerprint density at radius 3 is 1.60 bits per heavy atom. The zero-order chi connectivity index (χ0) is 60.1. The van der Waals surface area contributed by atoms with Gasteiger partial charge in [-0.3, -0.25) is 38.4 Å². The van der Waals surface area contributed by atoms with E-state index >= 15 is 9.59 Å². The number of likely N-dealkylation sites (N-methyl/N-ethyl adjacent to an activating group) is 4. The summed E-state index contributed by atoms with van der Waals surface area (Å²) in [7, 11) is 5.70. The molecular weight excluding hydrogens is 1020 g/mol. The monoisotopic (exact) mass is 1110 g/mol. The highest BCUT2D eigenvalue weighted by atomic mass is 16.6. The van der Waals surface area contributed by atoms with Crippen molar-refractivity contribution in [1.82, 2.24) is 40.4 Å². The van der Waals surface area contributed by atoms with E-state index in [0.717, 1.165) is 10.5 Å². The van der Waals surface area contributed by atoms with Gasteiger partial charge in [0.25, 0.3) is 5.91 Å². The lowest BCUT2D eigenvalue weighted by Gasteiger charge is -2.39. The minimum Gasteiger partial charge on any atom is -0.450 e. The highest BCUT2D eigenvalue weighted by Gasteiger charge is 2.48. The number of fused-ring (bicyclic) bond motifs is 1. The third-order valence-corrected chi connectivity index (χ3v) is 16.0. The molecule has 2 aliphatic rings. The molecule has 2 aromatic rings.